The number of benzene rings is 1. The van der Waals surface area contributed by atoms with Gasteiger partial charge in [0.1, 0.15) is 6.04 Å². The number of hydrogen-bond donors (Lipinski definition) is 2. The summed E-state index contributed by atoms with van der Waals surface area (Å²) < 4.78 is 3.07. The molecule has 1 saturated carbocycles. The van der Waals surface area contributed by atoms with Crippen molar-refractivity contribution in [3.05, 3.63) is 34.2 Å². The van der Waals surface area contributed by atoms with Crippen molar-refractivity contribution in [3.63, 3.8) is 0 Å². The highest BCUT2D eigenvalue weighted by Gasteiger charge is 2.31. The lowest BCUT2D eigenvalue weighted by Crippen LogP contribution is -2.44. The van der Waals surface area contributed by atoms with E-state index in [1.54, 1.807) is 11.6 Å². The number of carboxylic acid groups (broad SMARTS) is 1. The molecule has 2 aromatic rings. The van der Waals surface area contributed by atoms with Crippen molar-refractivity contribution in [1.29, 1.82) is 0 Å². The van der Waals surface area contributed by atoms with Crippen LogP contribution in [0.1, 0.15) is 68.9 Å². The fraction of sp³-hybridized carbons (Fsp3) is 0.545. The first-order chi connectivity index (χ1) is 14.3. The summed E-state index contributed by atoms with van der Waals surface area (Å²) >= 11 is 0. The largest absolute Gasteiger partial charge is 0.481 e. The average Bonchev–Trinajstić information content (AvgIpc) is 2.97. The van der Waals surface area contributed by atoms with Crippen molar-refractivity contribution in [3.8, 4) is 0 Å². The maximum absolute atomic E-state index is 12.9. The highest BCUT2D eigenvalue weighted by Crippen LogP contribution is 2.38. The van der Waals surface area contributed by atoms with Crippen LogP contribution in [0.2, 0.25) is 0 Å². The topological polar surface area (TPSA) is 110 Å². The monoisotopic (exact) mass is 413 g/mol. The Bertz CT molecular complexity index is 1060. The SMILES string of the molecule is Cn1c(=O)n(C2CCC(=O)NC2=O)c2ccc(C3CCC(CCC(=O)O)CC3)cc21. The standard InChI is InChI=1S/C22H27N3O5/c1-24-18-12-15(14-5-2-13(3-6-14)4-11-20(27)28)7-8-16(18)25(22(24)30)17-9-10-19(26)23-21(17)29/h7-8,12-14,17H,2-6,9-11H2,1H3,(H,27,28)(H,23,26,29). The summed E-state index contributed by atoms with van der Waals surface area (Å²) in [5, 5.41) is 11.2. The van der Waals surface area contributed by atoms with Gasteiger partial charge in [-0.2, -0.15) is 0 Å². The summed E-state index contributed by atoms with van der Waals surface area (Å²) in [6.07, 6.45) is 5.59. The van der Waals surface area contributed by atoms with Crippen LogP contribution in [0.25, 0.3) is 11.0 Å². The molecular formula is C22H27N3O5. The predicted octanol–water partition coefficient (Wildman–Crippen LogP) is 2.46. The molecule has 160 valence electrons. The number of carbonyl (C=O) groups is 3. The van der Waals surface area contributed by atoms with Gasteiger partial charge in [0.2, 0.25) is 11.8 Å². The molecule has 1 atom stereocenters. The molecule has 1 aliphatic carbocycles. The molecule has 30 heavy (non-hydrogen) atoms. The first kappa shape index (κ1) is 20.4. The van der Waals surface area contributed by atoms with Crippen LogP contribution in [-0.4, -0.2) is 32.0 Å². The van der Waals surface area contributed by atoms with Crippen LogP contribution in [0.15, 0.2) is 23.0 Å². The fourth-order valence-corrected chi connectivity index (χ4v) is 4.98. The summed E-state index contributed by atoms with van der Waals surface area (Å²) in [6.45, 7) is 0. The number of nitrogens with zero attached hydrogens (tertiary/aromatic N) is 2. The molecule has 8 heteroatoms. The lowest BCUT2D eigenvalue weighted by Gasteiger charge is -2.28. The van der Waals surface area contributed by atoms with Crippen molar-refractivity contribution in [2.24, 2.45) is 13.0 Å². The third-order valence-electron chi connectivity index (χ3n) is 6.72. The Morgan fingerprint density at radius 3 is 2.50 bits per heavy atom. The Hall–Kier alpha value is -2.90. The molecule has 4 rings (SSSR count). The number of piperidine rings is 1. The zero-order chi connectivity index (χ0) is 21.4. The number of imidazole rings is 1. The highest BCUT2D eigenvalue weighted by molar-refractivity contribution is 6.00. The maximum Gasteiger partial charge on any atom is 0.329 e. The van der Waals surface area contributed by atoms with Gasteiger partial charge in [-0.05, 0) is 68.1 Å². The molecule has 0 radical (unpaired) electrons. The molecule has 1 aliphatic heterocycles. The summed E-state index contributed by atoms with van der Waals surface area (Å²) in [4.78, 5) is 47.5. The molecule has 1 aromatic carbocycles. The van der Waals surface area contributed by atoms with Crippen molar-refractivity contribution in [1.82, 2.24) is 14.5 Å². The summed E-state index contributed by atoms with van der Waals surface area (Å²) in [7, 11) is 1.71. The molecule has 2 N–H and O–H groups in total. The number of carboxylic acids is 1. The van der Waals surface area contributed by atoms with E-state index in [1.807, 2.05) is 18.2 Å². The van der Waals surface area contributed by atoms with Gasteiger partial charge in [-0.1, -0.05) is 6.07 Å². The molecule has 2 amide bonds. The molecule has 1 unspecified atom stereocenters. The third kappa shape index (κ3) is 3.78. The van der Waals surface area contributed by atoms with Crippen molar-refractivity contribution in [2.75, 3.05) is 0 Å². The van der Waals surface area contributed by atoms with Gasteiger partial charge in [0.15, 0.2) is 0 Å². The molecule has 1 saturated heterocycles. The van der Waals surface area contributed by atoms with Crippen LogP contribution >= 0.6 is 0 Å². The molecule has 1 aromatic heterocycles. The van der Waals surface area contributed by atoms with Gasteiger partial charge < -0.3 is 5.11 Å². The van der Waals surface area contributed by atoms with E-state index in [1.165, 1.54) is 10.1 Å². The third-order valence-corrected chi connectivity index (χ3v) is 6.72. The number of aliphatic carboxylic acids is 1. The second kappa shape index (κ2) is 8.08. The van der Waals surface area contributed by atoms with E-state index in [4.69, 9.17) is 5.11 Å². The van der Waals surface area contributed by atoms with Crippen LogP contribution in [0.3, 0.4) is 0 Å². The van der Waals surface area contributed by atoms with E-state index >= 15 is 0 Å². The van der Waals surface area contributed by atoms with Gasteiger partial charge in [0.05, 0.1) is 11.0 Å². The van der Waals surface area contributed by atoms with Gasteiger partial charge in [-0.25, -0.2) is 4.79 Å². The molecule has 0 spiro atoms. The Kier molecular flexibility index (Phi) is 5.49. The number of rotatable bonds is 5. The van der Waals surface area contributed by atoms with E-state index in [0.717, 1.165) is 37.6 Å². The van der Waals surface area contributed by atoms with E-state index in [9.17, 15) is 19.2 Å². The summed E-state index contributed by atoms with van der Waals surface area (Å²) in [6, 6.07) is 5.31. The van der Waals surface area contributed by atoms with Crippen LogP contribution < -0.4 is 11.0 Å². The lowest BCUT2D eigenvalue weighted by molar-refractivity contribution is -0.138. The first-order valence-corrected chi connectivity index (χ1v) is 10.6. The van der Waals surface area contributed by atoms with E-state index in [2.05, 4.69) is 5.32 Å². The minimum Gasteiger partial charge on any atom is -0.481 e. The number of carbonyl (C=O) groups excluding carboxylic acids is 2. The predicted molar refractivity (Wildman–Crippen MR) is 110 cm³/mol. The Morgan fingerprint density at radius 1 is 1.10 bits per heavy atom. The molecule has 8 nitrogen and oxygen atoms in total. The van der Waals surface area contributed by atoms with Gasteiger partial charge >= 0.3 is 11.7 Å². The number of imide groups is 1. The van der Waals surface area contributed by atoms with Crippen LogP contribution in [0, 0.1) is 5.92 Å². The zero-order valence-corrected chi connectivity index (χ0v) is 17.1. The second-order valence-corrected chi connectivity index (χ2v) is 8.58. The summed E-state index contributed by atoms with van der Waals surface area (Å²) in [5.74, 6) is -0.594. The lowest BCUT2D eigenvalue weighted by atomic mass is 9.77. The molecule has 2 aliphatic rings. The van der Waals surface area contributed by atoms with Crippen molar-refractivity contribution >= 4 is 28.8 Å². The highest BCUT2D eigenvalue weighted by atomic mass is 16.4. The number of amides is 2. The number of aryl methyl sites for hydroxylation is 1. The smallest absolute Gasteiger partial charge is 0.329 e. The van der Waals surface area contributed by atoms with Crippen LogP contribution in [-0.2, 0) is 21.4 Å². The van der Waals surface area contributed by atoms with Crippen molar-refractivity contribution in [2.45, 2.75) is 63.3 Å². The quantitative estimate of drug-likeness (QED) is 0.732. The molecule has 0 bridgehead atoms. The first-order valence-electron chi connectivity index (χ1n) is 10.6. The molecule has 2 fully saturated rings. The number of aromatic nitrogens is 2. The normalized spacial score (nSPS) is 24.8. The zero-order valence-electron chi connectivity index (χ0n) is 17.1. The minimum atomic E-state index is -0.732. The number of fused-ring (bicyclic) bond motifs is 1. The Morgan fingerprint density at radius 2 is 1.83 bits per heavy atom. The molecular weight excluding hydrogens is 386 g/mol. The van der Waals surface area contributed by atoms with E-state index in [0.29, 0.717) is 23.8 Å². The van der Waals surface area contributed by atoms with Gasteiger partial charge in [0, 0.05) is 19.9 Å². The van der Waals surface area contributed by atoms with Gasteiger partial charge in [-0.15, -0.1) is 0 Å². The number of hydrogen-bond acceptors (Lipinski definition) is 4. The summed E-state index contributed by atoms with van der Waals surface area (Å²) in [5.41, 5.74) is 2.41. The fourth-order valence-electron chi connectivity index (χ4n) is 4.98. The Labute approximate surface area is 173 Å². The Balaban J connectivity index is 1.57. The maximum atomic E-state index is 12.9. The van der Waals surface area contributed by atoms with Gasteiger partial charge in [0.25, 0.3) is 0 Å². The van der Waals surface area contributed by atoms with Crippen LogP contribution in [0.4, 0.5) is 0 Å². The van der Waals surface area contributed by atoms with E-state index < -0.39 is 17.9 Å². The van der Waals surface area contributed by atoms with Gasteiger partial charge in [-0.3, -0.25) is 28.8 Å². The van der Waals surface area contributed by atoms with E-state index in [-0.39, 0.29) is 24.4 Å². The average molecular weight is 413 g/mol. The van der Waals surface area contributed by atoms with Crippen molar-refractivity contribution < 1.29 is 19.5 Å². The van der Waals surface area contributed by atoms with Crippen LogP contribution in [0.5, 0.6) is 0 Å². The second-order valence-electron chi connectivity index (χ2n) is 8.58. The minimum absolute atomic E-state index is 0.225. The molecule has 2 heterocycles. The number of nitrogens with one attached hydrogen (secondary N) is 1.